The molecule has 1 atom stereocenters. The van der Waals surface area contributed by atoms with Crippen LogP contribution in [0.1, 0.15) is 6.42 Å². The molecule has 3 heterocycles. The lowest BCUT2D eigenvalue weighted by Gasteiger charge is -2.30. The van der Waals surface area contributed by atoms with Crippen LogP contribution < -0.4 is 19.9 Å². The van der Waals surface area contributed by atoms with Crippen LogP contribution in [0.2, 0.25) is 0 Å². The molecule has 1 aromatic heterocycles. The van der Waals surface area contributed by atoms with E-state index in [1.165, 1.54) is 4.90 Å². The van der Waals surface area contributed by atoms with Gasteiger partial charge in [-0.1, -0.05) is 0 Å². The van der Waals surface area contributed by atoms with Crippen molar-refractivity contribution in [3.63, 3.8) is 0 Å². The first-order chi connectivity index (χ1) is 13.8. The highest BCUT2D eigenvalue weighted by atomic mass is 32.3. The van der Waals surface area contributed by atoms with Crippen LogP contribution in [0.5, 0.6) is 5.75 Å². The lowest BCUT2D eigenvalue weighted by Crippen LogP contribution is -2.41. The zero-order chi connectivity index (χ0) is 21.0. The molecular formula is C19H27N5O4S. The van der Waals surface area contributed by atoms with Gasteiger partial charge in [0, 0.05) is 24.8 Å². The summed E-state index contributed by atoms with van der Waals surface area (Å²) in [5.74, 6) is 1.95. The smallest absolute Gasteiger partial charge is 0.268 e. The molecule has 2 amide bonds. The second-order valence-corrected chi connectivity index (χ2v) is 12.5. The summed E-state index contributed by atoms with van der Waals surface area (Å²) in [6.07, 6.45) is 6.94. The number of nitrogens with one attached hydrogen (secondary N) is 1. The number of aromatic nitrogens is 1. The Kier molecular flexibility index (Phi) is 6.62. The fraction of sp³-hybridized carbons (Fsp3) is 0.579. The van der Waals surface area contributed by atoms with Gasteiger partial charge in [0.2, 0.25) is 5.91 Å². The van der Waals surface area contributed by atoms with E-state index < -0.39 is 10.0 Å². The maximum atomic E-state index is 12.4. The van der Waals surface area contributed by atoms with Gasteiger partial charge in [-0.05, 0) is 30.9 Å². The van der Waals surface area contributed by atoms with Crippen LogP contribution >= 0.6 is 10.0 Å². The normalized spacial score (nSPS) is 19.7. The Hall–Kier alpha value is -2.35. The molecule has 0 aliphatic carbocycles. The van der Waals surface area contributed by atoms with Crippen molar-refractivity contribution in [1.29, 1.82) is 5.26 Å². The van der Waals surface area contributed by atoms with E-state index in [2.05, 4.69) is 29.1 Å². The predicted octanol–water partition coefficient (Wildman–Crippen LogP) is 0.694. The zero-order valence-corrected chi connectivity index (χ0v) is 17.8. The Bertz CT molecular complexity index is 820. The fourth-order valence-electron chi connectivity index (χ4n) is 3.07. The average Bonchev–Trinajstić information content (AvgIpc) is 3.04. The van der Waals surface area contributed by atoms with Crippen molar-refractivity contribution in [1.82, 2.24) is 10.3 Å². The number of carbonyl (C=O) groups excluding carboxylic acids is 2. The highest BCUT2D eigenvalue weighted by molar-refractivity contribution is 8.32. The van der Waals surface area contributed by atoms with E-state index >= 15 is 0 Å². The third kappa shape index (κ3) is 5.38. The molecule has 1 aromatic rings. The third-order valence-corrected chi connectivity index (χ3v) is 6.06. The molecule has 2 aliphatic rings. The van der Waals surface area contributed by atoms with E-state index in [9.17, 15) is 9.59 Å². The summed E-state index contributed by atoms with van der Waals surface area (Å²) >= 11 is 0. The lowest BCUT2D eigenvalue weighted by atomic mass is 10.2. The highest BCUT2D eigenvalue weighted by Gasteiger charge is 2.33. The number of hydrogen-bond acceptors (Lipinski definition) is 7. The molecule has 0 spiro atoms. The van der Waals surface area contributed by atoms with Crippen molar-refractivity contribution in [2.75, 3.05) is 67.4 Å². The molecule has 9 nitrogen and oxygen atoms in total. The number of fused-ring (bicyclic) bond motifs is 1. The Morgan fingerprint density at radius 2 is 2.14 bits per heavy atom. The average molecular weight is 422 g/mol. The number of amides is 2. The molecule has 2 aliphatic heterocycles. The summed E-state index contributed by atoms with van der Waals surface area (Å²) in [6, 6.07) is 5.35. The minimum absolute atomic E-state index is 0.0648. The fourth-order valence-corrected chi connectivity index (χ4v) is 3.69. The summed E-state index contributed by atoms with van der Waals surface area (Å²) in [7, 11) is -0.676. The Labute approximate surface area is 172 Å². The molecule has 1 fully saturated rings. The lowest BCUT2D eigenvalue weighted by molar-refractivity contribution is -0.122. The van der Waals surface area contributed by atoms with Crippen LogP contribution in [0.4, 0.5) is 11.6 Å². The molecule has 10 heteroatoms. The largest absolute Gasteiger partial charge is 0.480 e. The van der Waals surface area contributed by atoms with Gasteiger partial charge in [0.1, 0.15) is 12.5 Å². The van der Waals surface area contributed by atoms with Gasteiger partial charge >= 0.3 is 0 Å². The van der Waals surface area contributed by atoms with Crippen molar-refractivity contribution >= 4 is 33.5 Å². The third-order valence-electron chi connectivity index (χ3n) is 4.66. The first-order valence-corrected chi connectivity index (χ1v) is 12.4. The number of hydrogen-bond donors (Lipinski definition) is 1. The van der Waals surface area contributed by atoms with E-state index in [-0.39, 0.29) is 37.7 Å². The summed E-state index contributed by atoms with van der Waals surface area (Å²) in [6.45, 7) is 1.21. The molecular weight excluding hydrogens is 394 g/mol. The second kappa shape index (κ2) is 8.98. The van der Waals surface area contributed by atoms with E-state index in [1.54, 1.807) is 17.0 Å². The number of anilines is 2. The molecule has 29 heavy (non-hydrogen) atoms. The standard InChI is InChI=1S/C19H27N5O4S/c1-29(2,3)9-8-27-13-24-18(26)12-28-15-4-5-16(22-19(15)24)23-11-14(10-17(23)25)21-7-6-20/h4-5,14,21H,7-13H2,1-3H3. The van der Waals surface area contributed by atoms with Crippen LogP contribution in [-0.4, -0.2) is 80.4 Å². The van der Waals surface area contributed by atoms with Crippen LogP contribution in [-0.2, 0) is 14.3 Å². The first kappa shape index (κ1) is 21.4. The predicted molar refractivity (Wildman–Crippen MR) is 113 cm³/mol. The van der Waals surface area contributed by atoms with E-state index in [1.807, 2.05) is 6.07 Å². The maximum absolute atomic E-state index is 12.4. The number of nitriles is 1. The zero-order valence-electron chi connectivity index (χ0n) is 17.0. The molecule has 1 saturated heterocycles. The minimum Gasteiger partial charge on any atom is -0.480 e. The molecule has 158 valence electrons. The minimum atomic E-state index is -0.676. The number of ether oxygens (including phenoxy) is 2. The van der Waals surface area contributed by atoms with Crippen LogP contribution in [0.15, 0.2) is 12.1 Å². The Morgan fingerprint density at radius 1 is 1.34 bits per heavy atom. The Morgan fingerprint density at radius 3 is 2.86 bits per heavy atom. The van der Waals surface area contributed by atoms with Crippen LogP contribution in [0.3, 0.4) is 0 Å². The quantitative estimate of drug-likeness (QED) is 0.486. The Balaban J connectivity index is 1.72. The molecule has 1 unspecified atom stereocenters. The van der Waals surface area contributed by atoms with E-state index in [0.29, 0.717) is 37.0 Å². The monoisotopic (exact) mass is 421 g/mol. The van der Waals surface area contributed by atoms with Crippen molar-refractivity contribution in [2.45, 2.75) is 12.5 Å². The van der Waals surface area contributed by atoms with Crippen LogP contribution in [0, 0.1) is 11.3 Å². The van der Waals surface area contributed by atoms with Crippen molar-refractivity contribution < 1.29 is 19.1 Å². The van der Waals surface area contributed by atoms with Gasteiger partial charge in [-0.25, -0.2) is 15.0 Å². The van der Waals surface area contributed by atoms with Gasteiger partial charge in [0.05, 0.1) is 19.2 Å². The maximum Gasteiger partial charge on any atom is 0.268 e. The number of nitrogens with zero attached hydrogens (tertiary/aromatic N) is 4. The van der Waals surface area contributed by atoms with E-state index in [0.717, 1.165) is 5.75 Å². The second-order valence-electron chi connectivity index (χ2n) is 7.88. The topological polar surface area (TPSA) is 108 Å². The molecule has 0 bridgehead atoms. The molecule has 1 N–H and O–H groups in total. The molecule has 0 radical (unpaired) electrons. The SMILES string of the molecule is CS(C)(C)CCOCN1C(=O)COc2ccc(N3CC(NCC#N)CC3=O)nc21. The van der Waals surface area contributed by atoms with Crippen molar-refractivity contribution in [3.05, 3.63) is 12.1 Å². The summed E-state index contributed by atoms with van der Waals surface area (Å²) < 4.78 is 11.2. The number of carbonyl (C=O) groups is 2. The van der Waals surface area contributed by atoms with Gasteiger partial charge in [-0.3, -0.25) is 24.7 Å². The van der Waals surface area contributed by atoms with Crippen LogP contribution in [0.25, 0.3) is 0 Å². The van der Waals surface area contributed by atoms with Gasteiger partial charge in [0.25, 0.3) is 5.91 Å². The highest BCUT2D eigenvalue weighted by Crippen LogP contribution is 2.35. The van der Waals surface area contributed by atoms with Crippen molar-refractivity contribution in [2.24, 2.45) is 0 Å². The van der Waals surface area contributed by atoms with E-state index in [4.69, 9.17) is 14.7 Å². The first-order valence-electron chi connectivity index (χ1n) is 9.37. The number of pyridine rings is 1. The van der Waals surface area contributed by atoms with Gasteiger partial charge in [-0.2, -0.15) is 5.26 Å². The summed E-state index contributed by atoms with van der Waals surface area (Å²) in [5.41, 5.74) is 0. The number of rotatable bonds is 8. The van der Waals surface area contributed by atoms with Gasteiger partial charge in [-0.15, -0.1) is 0 Å². The molecule has 0 saturated carbocycles. The van der Waals surface area contributed by atoms with Gasteiger partial charge < -0.3 is 9.47 Å². The summed E-state index contributed by atoms with van der Waals surface area (Å²) in [5, 5.41) is 11.7. The van der Waals surface area contributed by atoms with Crippen molar-refractivity contribution in [3.8, 4) is 11.8 Å². The molecule has 0 aromatic carbocycles. The summed E-state index contributed by atoms with van der Waals surface area (Å²) in [4.78, 5) is 32.3. The van der Waals surface area contributed by atoms with Gasteiger partial charge in [0.15, 0.2) is 18.2 Å². The molecule has 3 rings (SSSR count).